The summed E-state index contributed by atoms with van der Waals surface area (Å²) < 4.78 is 1.19. The van der Waals surface area contributed by atoms with Crippen LogP contribution >= 0.6 is 22.6 Å². The lowest BCUT2D eigenvalue weighted by Crippen LogP contribution is -2.67. The van der Waals surface area contributed by atoms with Crippen molar-refractivity contribution in [3.05, 3.63) is 51.1 Å². The second kappa shape index (κ2) is 9.53. The van der Waals surface area contributed by atoms with Gasteiger partial charge in [-0.15, -0.1) is 0 Å². The fraction of sp³-hybridized carbons (Fsp3) is 0.676. The minimum absolute atomic E-state index is 0.0386. The van der Waals surface area contributed by atoms with Crippen LogP contribution in [0, 0.1) is 60.2 Å². The number of benzene rings is 1. The number of carboxylic acid groups (broad SMARTS) is 1. The summed E-state index contributed by atoms with van der Waals surface area (Å²) in [5, 5.41) is 10.6. The summed E-state index contributed by atoms with van der Waals surface area (Å²) in [6, 6.07) is 8.48. The molecule has 0 amide bonds. The molecule has 0 aliphatic heterocycles. The molecule has 0 heterocycles. The Kier molecular flexibility index (Phi) is 6.89. The van der Waals surface area contributed by atoms with E-state index in [1.165, 1.54) is 9.14 Å². The zero-order chi connectivity index (χ0) is 29.8. The molecule has 5 saturated carbocycles. The first-order valence-corrected chi connectivity index (χ1v) is 17.1. The number of aliphatic carboxylic acids is 1. The van der Waals surface area contributed by atoms with Crippen LogP contribution in [0.1, 0.15) is 105 Å². The summed E-state index contributed by atoms with van der Waals surface area (Å²) in [6.45, 7) is 18.6. The van der Waals surface area contributed by atoms with Gasteiger partial charge in [-0.25, -0.2) is 0 Å². The van der Waals surface area contributed by atoms with Gasteiger partial charge in [-0.3, -0.25) is 9.59 Å². The Hall–Kier alpha value is -1.43. The maximum atomic E-state index is 14.1. The zero-order valence-corrected chi connectivity index (χ0v) is 28.1. The van der Waals surface area contributed by atoms with Gasteiger partial charge in [0.05, 0.1) is 5.41 Å². The smallest absolute Gasteiger partial charge is 0.309 e. The lowest BCUT2D eigenvalue weighted by Gasteiger charge is -2.72. The first-order chi connectivity index (χ1) is 19.1. The molecule has 1 aromatic carbocycles. The number of carbonyl (C=O) groups excluding carboxylic acids is 1. The van der Waals surface area contributed by atoms with Crippen LogP contribution < -0.4 is 0 Å². The molecule has 1 N–H and O–H groups in total. The minimum atomic E-state index is -0.583. The van der Waals surface area contributed by atoms with E-state index in [0.717, 1.165) is 68.9 Å². The van der Waals surface area contributed by atoms with Crippen molar-refractivity contribution in [2.24, 2.45) is 56.7 Å². The Bertz CT molecular complexity index is 1340. The third kappa shape index (κ3) is 3.93. The van der Waals surface area contributed by atoms with E-state index >= 15 is 0 Å². The van der Waals surface area contributed by atoms with Gasteiger partial charge in [0.1, 0.15) is 0 Å². The fourth-order valence-electron chi connectivity index (χ4n) is 12.3. The summed E-state index contributed by atoms with van der Waals surface area (Å²) >= 11 is 2.35. The highest BCUT2D eigenvalue weighted by Crippen LogP contribution is 2.77. The van der Waals surface area contributed by atoms with Crippen LogP contribution in [0.25, 0.3) is 6.08 Å². The molecule has 0 unspecified atom stereocenters. The topological polar surface area (TPSA) is 54.4 Å². The van der Waals surface area contributed by atoms with Crippen LogP contribution in [-0.2, 0) is 9.59 Å². The maximum Gasteiger partial charge on any atom is 0.309 e. The third-order valence-electron chi connectivity index (χ3n) is 14.3. The van der Waals surface area contributed by atoms with Gasteiger partial charge in [0.25, 0.3) is 0 Å². The molecule has 5 aliphatic rings. The molecule has 3 nitrogen and oxygen atoms in total. The number of hydrogen-bond acceptors (Lipinski definition) is 2. The van der Waals surface area contributed by atoms with Crippen LogP contribution in [0.4, 0.5) is 0 Å². The van der Waals surface area contributed by atoms with Gasteiger partial charge in [-0.2, -0.15) is 0 Å². The number of carboxylic acids is 1. The molecule has 0 saturated heterocycles. The first-order valence-electron chi connectivity index (χ1n) is 16.0. The molecule has 5 aliphatic carbocycles. The molecule has 0 radical (unpaired) electrons. The van der Waals surface area contributed by atoms with Crippen molar-refractivity contribution < 1.29 is 14.7 Å². The molecular weight excluding hydrogens is 619 g/mol. The van der Waals surface area contributed by atoms with Crippen LogP contribution in [0.2, 0.25) is 0 Å². The van der Waals surface area contributed by atoms with E-state index in [-0.39, 0.29) is 27.6 Å². The Morgan fingerprint density at radius 2 is 1.71 bits per heavy atom. The Balaban J connectivity index is 1.42. The predicted octanol–water partition coefficient (Wildman–Crippen LogP) is 9.60. The molecule has 222 valence electrons. The second-order valence-electron chi connectivity index (χ2n) is 16.1. The van der Waals surface area contributed by atoms with Crippen molar-refractivity contribution in [2.45, 2.75) is 99.3 Å². The lowest BCUT2D eigenvalue weighted by molar-refractivity contribution is -0.231. The molecule has 41 heavy (non-hydrogen) atoms. The van der Waals surface area contributed by atoms with E-state index in [1.807, 2.05) is 0 Å². The average Bonchev–Trinajstić information content (AvgIpc) is 3.29. The highest BCUT2D eigenvalue weighted by molar-refractivity contribution is 14.1. The fourth-order valence-corrected chi connectivity index (χ4v) is 12.9. The maximum absolute atomic E-state index is 14.1. The van der Waals surface area contributed by atoms with E-state index < -0.39 is 11.4 Å². The van der Waals surface area contributed by atoms with Gasteiger partial charge in [0, 0.05) is 8.99 Å². The summed E-state index contributed by atoms with van der Waals surface area (Å²) in [6.07, 6.45) is 11.1. The number of allylic oxidation sites excluding steroid dienone is 2. The predicted molar refractivity (Wildman–Crippen MR) is 174 cm³/mol. The van der Waals surface area contributed by atoms with Crippen molar-refractivity contribution in [3.8, 4) is 0 Å². The quantitative estimate of drug-likeness (QED) is 0.198. The number of Topliss-reactive ketones (excluding diaryl/α,β-unsaturated/α-hetero) is 1. The molecule has 0 bridgehead atoms. The van der Waals surface area contributed by atoms with Gasteiger partial charge >= 0.3 is 5.97 Å². The highest BCUT2D eigenvalue weighted by Gasteiger charge is 2.72. The first kappa shape index (κ1) is 29.6. The Morgan fingerprint density at radius 1 is 0.976 bits per heavy atom. The van der Waals surface area contributed by atoms with Gasteiger partial charge in [0.15, 0.2) is 5.78 Å². The molecule has 0 aromatic heterocycles. The Morgan fingerprint density at radius 3 is 2.37 bits per heavy atom. The molecule has 9 atom stereocenters. The molecule has 0 spiro atoms. The van der Waals surface area contributed by atoms with E-state index in [4.69, 9.17) is 0 Å². The van der Waals surface area contributed by atoms with Gasteiger partial charge in [-0.1, -0.05) is 58.9 Å². The van der Waals surface area contributed by atoms with Crippen molar-refractivity contribution in [3.63, 3.8) is 0 Å². The summed E-state index contributed by atoms with van der Waals surface area (Å²) in [7, 11) is 0. The highest BCUT2D eigenvalue weighted by atomic mass is 127. The summed E-state index contributed by atoms with van der Waals surface area (Å²) in [5.74, 6) is 1.58. The Labute approximate surface area is 261 Å². The van der Waals surface area contributed by atoms with Crippen molar-refractivity contribution >= 4 is 40.4 Å². The van der Waals surface area contributed by atoms with Crippen LogP contribution in [0.3, 0.4) is 0 Å². The number of carbonyl (C=O) groups is 2. The van der Waals surface area contributed by atoms with Gasteiger partial charge in [0.2, 0.25) is 0 Å². The molecule has 4 heteroatoms. The molecule has 5 fully saturated rings. The van der Waals surface area contributed by atoms with Crippen molar-refractivity contribution in [1.82, 2.24) is 0 Å². The molecule has 1 aromatic rings. The van der Waals surface area contributed by atoms with E-state index in [2.05, 4.69) is 101 Å². The van der Waals surface area contributed by atoms with Gasteiger partial charge < -0.3 is 5.11 Å². The SMILES string of the molecule is C=C(C)[C@@H]1CC[C@]2(C(=O)O)CC[C@]3(C)[C@H](CC[C@@H]4[C@@]5(C)C/C(=C/c6cccc(I)c6)C(=O)C(C)(C)[C@@H]5CC[C@]43C)[C@H]12. The summed E-state index contributed by atoms with van der Waals surface area (Å²) in [5.41, 5.74) is 2.59. The van der Waals surface area contributed by atoms with Gasteiger partial charge in [-0.05, 0) is 162 Å². The van der Waals surface area contributed by atoms with E-state index in [1.54, 1.807) is 0 Å². The van der Waals surface area contributed by atoms with Crippen molar-refractivity contribution in [2.75, 3.05) is 0 Å². The van der Waals surface area contributed by atoms with Crippen LogP contribution in [-0.4, -0.2) is 16.9 Å². The minimum Gasteiger partial charge on any atom is -0.481 e. The monoisotopic (exact) mass is 668 g/mol. The molecular formula is C37H49IO3. The number of rotatable bonds is 3. The van der Waals surface area contributed by atoms with Crippen molar-refractivity contribution in [1.29, 1.82) is 0 Å². The number of halogens is 1. The molecule has 6 rings (SSSR count). The standard InChI is InChI=1S/C37H49IO3/c1-22(2)26-13-16-37(32(40)41)18-17-35(6)27(30(26)37)11-12-29-34(5)21-24(19-23-9-8-10-25(38)20-23)31(39)33(3,4)28(34)14-15-36(29,35)7/h8-10,19-20,26-30H,1,11-18,21H2,2-7H3,(H,40,41)/b24-19-/t26-,27+,28-,29+,30-,34-,35+,36+,37-/m0/s1. The van der Waals surface area contributed by atoms with Crippen LogP contribution in [0.15, 0.2) is 42.0 Å². The van der Waals surface area contributed by atoms with E-state index in [0.29, 0.717) is 29.5 Å². The largest absolute Gasteiger partial charge is 0.481 e. The number of fused-ring (bicyclic) bond motifs is 7. The third-order valence-corrected chi connectivity index (χ3v) is 14.9. The zero-order valence-electron chi connectivity index (χ0n) is 26.0. The second-order valence-corrected chi connectivity index (χ2v) is 17.3. The average molecular weight is 669 g/mol. The normalized spacial score (nSPS) is 45.8. The number of ketones is 1. The van der Waals surface area contributed by atoms with Crippen LogP contribution in [0.5, 0.6) is 0 Å². The van der Waals surface area contributed by atoms with E-state index in [9.17, 15) is 14.7 Å². The summed E-state index contributed by atoms with van der Waals surface area (Å²) in [4.78, 5) is 27.0. The lowest BCUT2D eigenvalue weighted by atomic mass is 9.32. The number of hydrogen-bond donors (Lipinski definition) is 1.